The fraction of sp³-hybridized carbons (Fsp3) is 0.0526. The first-order chi connectivity index (χ1) is 11.3. The van der Waals surface area contributed by atoms with E-state index in [1.54, 1.807) is 6.20 Å². The molecule has 4 aromatic rings. The number of aromatic nitrogens is 3. The van der Waals surface area contributed by atoms with Crippen molar-refractivity contribution in [3.63, 3.8) is 0 Å². The fourth-order valence-corrected chi connectivity index (χ4v) is 2.88. The summed E-state index contributed by atoms with van der Waals surface area (Å²) in [7, 11) is 0. The highest BCUT2D eigenvalue weighted by molar-refractivity contribution is 5.88. The molecule has 0 radical (unpaired) electrons. The number of hydrogen-bond donors (Lipinski definition) is 1. The maximum absolute atomic E-state index is 10.7. The molecule has 0 saturated carbocycles. The van der Waals surface area contributed by atoms with Crippen LogP contribution < -0.4 is 0 Å². The molecule has 4 rings (SSSR count). The van der Waals surface area contributed by atoms with Gasteiger partial charge in [-0.15, -0.1) is 0 Å². The number of aryl methyl sites for hydroxylation is 1. The summed E-state index contributed by atoms with van der Waals surface area (Å²) in [6, 6.07) is 19.7. The van der Waals surface area contributed by atoms with Crippen molar-refractivity contribution in [2.75, 3.05) is 0 Å². The molecule has 0 fully saturated rings. The van der Waals surface area contributed by atoms with E-state index in [9.17, 15) is 5.11 Å². The van der Waals surface area contributed by atoms with Crippen molar-refractivity contribution in [2.45, 2.75) is 6.92 Å². The van der Waals surface area contributed by atoms with Crippen molar-refractivity contribution < 1.29 is 5.11 Å². The molecule has 0 spiro atoms. The van der Waals surface area contributed by atoms with E-state index in [-0.39, 0.29) is 5.88 Å². The van der Waals surface area contributed by atoms with Crippen LogP contribution in [0.2, 0.25) is 0 Å². The first-order valence-electron chi connectivity index (χ1n) is 7.44. The third-order valence-corrected chi connectivity index (χ3v) is 3.95. The molecule has 0 amide bonds. The first kappa shape index (κ1) is 13.5. The largest absolute Gasteiger partial charge is 0.493 e. The average molecular weight is 301 g/mol. The van der Waals surface area contributed by atoms with E-state index >= 15 is 0 Å². The molecule has 4 heteroatoms. The molecule has 112 valence electrons. The highest BCUT2D eigenvalue weighted by Gasteiger charge is 2.18. The minimum Gasteiger partial charge on any atom is -0.493 e. The molecule has 0 atom stereocenters. The number of pyridine rings is 1. The normalized spacial score (nSPS) is 11.0. The summed E-state index contributed by atoms with van der Waals surface area (Å²) in [4.78, 5) is 4.43. The molecule has 2 aromatic heterocycles. The molecule has 0 aliphatic rings. The predicted molar refractivity (Wildman–Crippen MR) is 90.7 cm³/mol. The van der Waals surface area contributed by atoms with Crippen molar-refractivity contribution in [3.05, 3.63) is 72.6 Å². The van der Waals surface area contributed by atoms with Crippen LogP contribution >= 0.6 is 0 Å². The Bertz CT molecular complexity index is 985. The van der Waals surface area contributed by atoms with E-state index in [0.717, 1.165) is 27.6 Å². The lowest BCUT2D eigenvalue weighted by Crippen LogP contribution is -2.00. The minimum absolute atomic E-state index is 0.109. The predicted octanol–water partition coefficient (Wildman–Crippen LogP) is 4.10. The van der Waals surface area contributed by atoms with Crippen molar-refractivity contribution >= 4 is 10.8 Å². The van der Waals surface area contributed by atoms with Crippen LogP contribution in [0.5, 0.6) is 5.88 Å². The summed E-state index contributed by atoms with van der Waals surface area (Å²) in [6.07, 6.45) is 1.73. The van der Waals surface area contributed by atoms with Gasteiger partial charge in [0.25, 0.3) is 0 Å². The molecular weight excluding hydrogens is 286 g/mol. The number of hydrogen-bond acceptors (Lipinski definition) is 3. The van der Waals surface area contributed by atoms with Gasteiger partial charge < -0.3 is 5.11 Å². The summed E-state index contributed by atoms with van der Waals surface area (Å²) in [5, 5.41) is 17.3. The molecule has 0 aliphatic heterocycles. The number of nitrogens with zero attached hydrogens (tertiary/aromatic N) is 3. The Kier molecular flexibility index (Phi) is 3.08. The maximum Gasteiger partial charge on any atom is 0.224 e. The fourth-order valence-electron chi connectivity index (χ4n) is 2.88. The Labute approximate surface area is 133 Å². The second-order valence-corrected chi connectivity index (χ2v) is 5.42. The highest BCUT2D eigenvalue weighted by atomic mass is 16.3. The van der Waals surface area contributed by atoms with Crippen molar-refractivity contribution in [1.82, 2.24) is 14.8 Å². The number of fused-ring (bicyclic) bond motifs is 1. The number of aromatic hydroxyl groups is 1. The Morgan fingerprint density at radius 2 is 1.65 bits per heavy atom. The van der Waals surface area contributed by atoms with Crippen LogP contribution in [-0.2, 0) is 0 Å². The van der Waals surface area contributed by atoms with Gasteiger partial charge in [-0.05, 0) is 23.9 Å². The lowest BCUT2D eigenvalue weighted by atomic mass is 10.1. The minimum atomic E-state index is 0.109. The van der Waals surface area contributed by atoms with Crippen LogP contribution in [0, 0.1) is 6.92 Å². The van der Waals surface area contributed by atoms with Gasteiger partial charge in [-0.3, -0.25) is 0 Å². The molecular formula is C19H15N3O. The van der Waals surface area contributed by atoms with Gasteiger partial charge in [-0.2, -0.15) is 9.78 Å². The van der Waals surface area contributed by atoms with Crippen LogP contribution in [0.4, 0.5) is 0 Å². The molecule has 0 bridgehead atoms. The molecule has 2 heterocycles. The van der Waals surface area contributed by atoms with E-state index < -0.39 is 0 Å². The average Bonchev–Trinajstić information content (AvgIpc) is 2.89. The van der Waals surface area contributed by atoms with E-state index in [2.05, 4.69) is 10.1 Å². The van der Waals surface area contributed by atoms with E-state index in [4.69, 9.17) is 0 Å². The van der Waals surface area contributed by atoms with Crippen molar-refractivity contribution in [1.29, 1.82) is 0 Å². The molecule has 0 unspecified atom stereocenters. The Balaban J connectivity index is 1.97. The second-order valence-electron chi connectivity index (χ2n) is 5.42. The summed E-state index contributed by atoms with van der Waals surface area (Å²) in [6.45, 7) is 1.89. The zero-order valence-corrected chi connectivity index (χ0v) is 12.6. The Hall–Kier alpha value is -3.14. The third-order valence-electron chi connectivity index (χ3n) is 3.95. The molecule has 23 heavy (non-hydrogen) atoms. The van der Waals surface area contributed by atoms with Crippen LogP contribution in [-0.4, -0.2) is 19.9 Å². The van der Waals surface area contributed by atoms with Gasteiger partial charge >= 0.3 is 0 Å². The van der Waals surface area contributed by atoms with Gasteiger partial charge in [-0.1, -0.05) is 54.6 Å². The second kappa shape index (κ2) is 5.25. The zero-order chi connectivity index (χ0) is 15.8. The Morgan fingerprint density at radius 3 is 2.48 bits per heavy atom. The topological polar surface area (TPSA) is 50.9 Å². The number of rotatable bonds is 2. The van der Waals surface area contributed by atoms with Crippen LogP contribution in [0.3, 0.4) is 0 Å². The van der Waals surface area contributed by atoms with Crippen LogP contribution in [0.25, 0.3) is 27.7 Å². The SMILES string of the molecule is Cc1nn(-c2nccc3ccccc23)c(O)c1-c1ccccc1. The van der Waals surface area contributed by atoms with E-state index in [1.165, 1.54) is 4.68 Å². The van der Waals surface area contributed by atoms with Gasteiger partial charge in [0.05, 0.1) is 11.3 Å². The van der Waals surface area contributed by atoms with Gasteiger partial charge in [0, 0.05) is 11.6 Å². The monoisotopic (exact) mass is 301 g/mol. The first-order valence-corrected chi connectivity index (χ1v) is 7.44. The van der Waals surface area contributed by atoms with Crippen molar-refractivity contribution in [2.24, 2.45) is 0 Å². The smallest absolute Gasteiger partial charge is 0.224 e. The summed E-state index contributed by atoms with van der Waals surface area (Å²) in [5.74, 6) is 0.739. The lowest BCUT2D eigenvalue weighted by molar-refractivity contribution is 0.434. The third kappa shape index (κ3) is 2.16. The molecule has 4 nitrogen and oxygen atoms in total. The molecule has 0 aliphatic carbocycles. The van der Waals surface area contributed by atoms with Gasteiger partial charge in [0.2, 0.25) is 5.88 Å². The molecule has 1 N–H and O–H groups in total. The molecule has 0 saturated heterocycles. The Morgan fingerprint density at radius 1 is 0.913 bits per heavy atom. The highest BCUT2D eigenvalue weighted by Crippen LogP contribution is 2.34. The summed E-state index contributed by atoms with van der Waals surface area (Å²) in [5.41, 5.74) is 2.44. The van der Waals surface area contributed by atoms with Crippen LogP contribution in [0.15, 0.2) is 66.9 Å². The lowest BCUT2D eigenvalue weighted by Gasteiger charge is -2.07. The van der Waals surface area contributed by atoms with Crippen LogP contribution in [0.1, 0.15) is 5.69 Å². The standard InChI is InChI=1S/C19H15N3O/c1-13-17(15-8-3-2-4-9-15)19(23)22(21-13)18-16-10-6-5-7-14(16)11-12-20-18/h2-12,23H,1H3. The van der Waals surface area contributed by atoms with Gasteiger partial charge in [0.1, 0.15) is 0 Å². The van der Waals surface area contributed by atoms with E-state index in [0.29, 0.717) is 5.82 Å². The van der Waals surface area contributed by atoms with Gasteiger partial charge in [-0.25, -0.2) is 4.98 Å². The summed E-state index contributed by atoms with van der Waals surface area (Å²) < 4.78 is 1.51. The van der Waals surface area contributed by atoms with E-state index in [1.807, 2.05) is 67.6 Å². The quantitative estimate of drug-likeness (QED) is 0.606. The van der Waals surface area contributed by atoms with Crippen molar-refractivity contribution in [3.8, 4) is 22.8 Å². The summed E-state index contributed by atoms with van der Waals surface area (Å²) >= 11 is 0. The van der Waals surface area contributed by atoms with Gasteiger partial charge in [0.15, 0.2) is 5.82 Å². The maximum atomic E-state index is 10.7. The zero-order valence-electron chi connectivity index (χ0n) is 12.6. The molecule has 2 aromatic carbocycles. The number of benzene rings is 2.